The molecule has 0 atom stereocenters. The number of nitrogens with one attached hydrogen (secondary N) is 1. The number of rotatable bonds is 10. The van der Waals surface area contributed by atoms with Crippen molar-refractivity contribution in [2.45, 2.75) is 26.8 Å². The second-order valence-corrected chi connectivity index (χ2v) is 7.03. The molecule has 0 bridgehead atoms. The van der Waals surface area contributed by atoms with Gasteiger partial charge in [-0.1, -0.05) is 37.3 Å². The minimum absolute atomic E-state index is 0.0268. The molecule has 1 amide bonds. The maximum atomic E-state index is 12.7. The summed E-state index contributed by atoms with van der Waals surface area (Å²) in [6, 6.07) is 18.2. The van der Waals surface area contributed by atoms with Gasteiger partial charge >= 0.3 is 0 Å². The maximum absolute atomic E-state index is 12.7. The summed E-state index contributed by atoms with van der Waals surface area (Å²) >= 11 is 0. The van der Waals surface area contributed by atoms with Crippen LogP contribution in [0.1, 0.15) is 41.8 Å². The van der Waals surface area contributed by atoms with Gasteiger partial charge in [-0.25, -0.2) is 5.43 Å². The fourth-order valence-electron chi connectivity index (χ4n) is 3.04. The molecule has 7 heteroatoms. The summed E-state index contributed by atoms with van der Waals surface area (Å²) < 4.78 is 12.8. The number of carbonyl (C=O) groups excluding carboxylic acids is 1. The number of pyridine rings is 1. The van der Waals surface area contributed by atoms with E-state index in [1.54, 1.807) is 18.3 Å². The summed E-state index contributed by atoms with van der Waals surface area (Å²) in [5.41, 5.74) is 3.78. The average Bonchev–Trinajstić information content (AvgIpc) is 2.81. The number of amides is 1. The molecule has 7 nitrogen and oxygen atoms in total. The Morgan fingerprint density at radius 3 is 2.59 bits per heavy atom. The van der Waals surface area contributed by atoms with Gasteiger partial charge in [0.15, 0.2) is 11.5 Å². The average molecular weight is 434 g/mol. The standard InChI is InChI=1S/C25H27N3O4/c1-3-15-32-22-13-12-20(16-23(22)31-4-2)17-26-27-24(29)21-11-8-14-28(25(21)30)18-19-9-6-5-7-10-19/h5-14,16-17H,3-4,15,18H2,1-2H3,(H,27,29)/b26-17-. The number of hydrogen-bond donors (Lipinski definition) is 1. The Hall–Kier alpha value is -3.87. The Morgan fingerprint density at radius 1 is 1.03 bits per heavy atom. The van der Waals surface area contributed by atoms with Gasteiger partial charge in [0.1, 0.15) is 5.56 Å². The molecule has 0 aliphatic carbocycles. The van der Waals surface area contributed by atoms with Gasteiger partial charge in [0.05, 0.1) is 26.0 Å². The van der Waals surface area contributed by atoms with Crippen LogP contribution >= 0.6 is 0 Å². The van der Waals surface area contributed by atoms with Gasteiger partial charge in [0, 0.05) is 6.20 Å². The predicted octanol–water partition coefficient (Wildman–Crippen LogP) is 3.85. The fraction of sp³-hybridized carbons (Fsp3) is 0.240. The minimum atomic E-state index is -0.568. The molecule has 1 heterocycles. The van der Waals surface area contributed by atoms with Crippen LogP contribution in [0.25, 0.3) is 0 Å². The zero-order chi connectivity index (χ0) is 22.8. The van der Waals surface area contributed by atoms with Gasteiger partial charge in [-0.15, -0.1) is 0 Å². The van der Waals surface area contributed by atoms with Crippen LogP contribution in [0, 0.1) is 0 Å². The van der Waals surface area contributed by atoms with Gasteiger partial charge < -0.3 is 14.0 Å². The highest BCUT2D eigenvalue weighted by Gasteiger charge is 2.12. The van der Waals surface area contributed by atoms with E-state index in [2.05, 4.69) is 10.5 Å². The van der Waals surface area contributed by atoms with Crippen molar-refractivity contribution < 1.29 is 14.3 Å². The largest absolute Gasteiger partial charge is 0.490 e. The van der Waals surface area contributed by atoms with Crippen LogP contribution in [0.4, 0.5) is 0 Å². The summed E-state index contributed by atoms with van der Waals surface area (Å²) in [7, 11) is 0. The van der Waals surface area contributed by atoms with Gasteiger partial charge in [-0.05, 0) is 54.8 Å². The highest BCUT2D eigenvalue weighted by Crippen LogP contribution is 2.28. The molecule has 0 aliphatic heterocycles. The molecule has 0 fully saturated rings. The van der Waals surface area contributed by atoms with Crippen molar-refractivity contribution in [2.75, 3.05) is 13.2 Å². The van der Waals surface area contributed by atoms with Crippen LogP contribution in [0.2, 0.25) is 0 Å². The monoisotopic (exact) mass is 433 g/mol. The summed E-state index contributed by atoms with van der Waals surface area (Å²) in [6.07, 6.45) is 4.05. The van der Waals surface area contributed by atoms with Crippen molar-refractivity contribution >= 4 is 12.1 Å². The van der Waals surface area contributed by atoms with Crippen molar-refractivity contribution in [3.63, 3.8) is 0 Å². The molecule has 0 aliphatic rings. The zero-order valence-electron chi connectivity index (χ0n) is 18.3. The van der Waals surface area contributed by atoms with Crippen molar-refractivity contribution in [3.05, 3.63) is 93.9 Å². The highest BCUT2D eigenvalue weighted by atomic mass is 16.5. The molecule has 166 valence electrons. The third kappa shape index (κ3) is 6.07. The van der Waals surface area contributed by atoms with E-state index in [9.17, 15) is 9.59 Å². The third-order valence-corrected chi connectivity index (χ3v) is 4.57. The van der Waals surface area contributed by atoms with Gasteiger partial charge in [-0.3, -0.25) is 9.59 Å². The quantitative estimate of drug-likeness (QED) is 0.389. The molecule has 0 unspecified atom stereocenters. The van der Waals surface area contributed by atoms with Crippen molar-refractivity contribution in [3.8, 4) is 11.5 Å². The third-order valence-electron chi connectivity index (χ3n) is 4.57. The topological polar surface area (TPSA) is 81.9 Å². The Kier molecular flexibility index (Phi) is 8.20. The molecule has 2 aromatic carbocycles. The number of benzene rings is 2. The van der Waals surface area contributed by atoms with E-state index in [0.717, 1.165) is 17.5 Å². The SMILES string of the molecule is CCCOc1ccc(/C=N\NC(=O)c2cccn(Cc3ccccc3)c2=O)cc1OCC. The van der Waals surface area contributed by atoms with Crippen LogP contribution in [-0.4, -0.2) is 29.9 Å². The first-order valence-electron chi connectivity index (χ1n) is 10.6. The molecule has 3 aromatic rings. The lowest BCUT2D eigenvalue weighted by Gasteiger charge is -2.11. The smallest absolute Gasteiger partial charge is 0.276 e. The minimum Gasteiger partial charge on any atom is -0.490 e. The van der Waals surface area contributed by atoms with E-state index in [-0.39, 0.29) is 11.1 Å². The summed E-state index contributed by atoms with van der Waals surface area (Å²) in [6.45, 7) is 5.42. The number of ether oxygens (including phenoxy) is 2. The molecule has 32 heavy (non-hydrogen) atoms. The van der Waals surface area contributed by atoms with Crippen LogP contribution in [0.15, 0.2) is 76.8 Å². The van der Waals surface area contributed by atoms with Crippen LogP contribution in [0.5, 0.6) is 11.5 Å². The van der Waals surface area contributed by atoms with Crippen molar-refractivity contribution in [2.24, 2.45) is 5.10 Å². The highest BCUT2D eigenvalue weighted by molar-refractivity contribution is 5.94. The lowest BCUT2D eigenvalue weighted by Crippen LogP contribution is -2.30. The van der Waals surface area contributed by atoms with E-state index >= 15 is 0 Å². The number of aromatic nitrogens is 1. The van der Waals surface area contributed by atoms with Gasteiger partial charge in [0.2, 0.25) is 0 Å². The lowest BCUT2D eigenvalue weighted by atomic mass is 10.2. The first-order valence-corrected chi connectivity index (χ1v) is 10.6. The summed E-state index contributed by atoms with van der Waals surface area (Å²) in [5.74, 6) is 0.711. The Morgan fingerprint density at radius 2 is 1.84 bits per heavy atom. The Bertz CT molecular complexity index is 1120. The second kappa shape index (κ2) is 11.5. The Balaban J connectivity index is 1.69. The van der Waals surface area contributed by atoms with Crippen molar-refractivity contribution in [1.82, 2.24) is 9.99 Å². The van der Waals surface area contributed by atoms with Crippen LogP contribution in [-0.2, 0) is 6.54 Å². The molecule has 0 radical (unpaired) electrons. The first-order chi connectivity index (χ1) is 15.6. The molecular weight excluding hydrogens is 406 g/mol. The number of nitrogens with zero attached hydrogens (tertiary/aromatic N) is 2. The number of hydrogen-bond acceptors (Lipinski definition) is 5. The number of hydrazone groups is 1. The fourth-order valence-corrected chi connectivity index (χ4v) is 3.04. The Labute approximate surface area is 187 Å². The van der Waals surface area contributed by atoms with Crippen LogP contribution in [0.3, 0.4) is 0 Å². The first kappa shape index (κ1) is 22.8. The molecule has 1 aromatic heterocycles. The van der Waals surface area contributed by atoms with E-state index < -0.39 is 5.91 Å². The molecule has 0 saturated heterocycles. The van der Waals surface area contributed by atoms with E-state index in [4.69, 9.17) is 9.47 Å². The normalized spacial score (nSPS) is 10.8. The molecule has 1 N–H and O–H groups in total. The van der Waals surface area contributed by atoms with Gasteiger partial charge in [0.25, 0.3) is 11.5 Å². The van der Waals surface area contributed by atoms with E-state index in [1.165, 1.54) is 16.8 Å². The van der Waals surface area contributed by atoms with Gasteiger partial charge in [-0.2, -0.15) is 5.10 Å². The van der Waals surface area contributed by atoms with Crippen LogP contribution < -0.4 is 20.5 Å². The zero-order valence-corrected chi connectivity index (χ0v) is 18.3. The lowest BCUT2D eigenvalue weighted by molar-refractivity contribution is 0.0953. The molecule has 3 rings (SSSR count). The van der Waals surface area contributed by atoms with E-state index in [0.29, 0.717) is 31.3 Å². The van der Waals surface area contributed by atoms with Crippen molar-refractivity contribution in [1.29, 1.82) is 0 Å². The molecule has 0 spiro atoms. The molecular formula is C25H27N3O4. The maximum Gasteiger partial charge on any atom is 0.276 e. The number of carbonyl (C=O) groups is 1. The summed E-state index contributed by atoms with van der Waals surface area (Å²) in [4.78, 5) is 25.2. The predicted molar refractivity (Wildman–Crippen MR) is 125 cm³/mol. The van der Waals surface area contributed by atoms with E-state index in [1.807, 2.05) is 56.3 Å². The second-order valence-electron chi connectivity index (χ2n) is 7.03. The molecule has 0 saturated carbocycles. The summed E-state index contributed by atoms with van der Waals surface area (Å²) in [5, 5.41) is 4.00.